The van der Waals surface area contributed by atoms with Crippen molar-refractivity contribution in [1.29, 1.82) is 0 Å². The van der Waals surface area contributed by atoms with Crippen LogP contribution in [-0.4, -0.2) is 34.2 Å². The summed E-state index contributed by atoms with van der Waals surface area (Å²) >= 11 is 0. The fourth-order valence-electron chi connectivity index (χ4n) is 2.67. The van der Waals surface area contributed by atoms with Gasteiger partial charge in [-0.25, -0.2) is 0 Å². The van der Waals surface area contributed by atoms with Crippen LogP contribution in [0.4, 0.5) is 0 Å². The van der Waals surface area contributed by atoms with Gasteiger partial charge in [-0.3, -0.25) is 4.90 Å². The molecule has 2 N–H and O–H groups in total. The summed E-state index contributed by atoms with van der Waals surface area (Å²) in [7, 11) is 1.94. The van der Waals surface area contributed by atoms with Crippen LogP contribution in [0, 0.1) is 0 Å². The lowest BCUT2D eigenvalue weighted by Gasteiger charge is -2.36. The van der Waals surface area contributed by atoms with Crippen LogP contribution in [0.25, 0.3) is 0 Å². The molecule has 0 saturated carbocycles. The summed E-state index contributed by atoms with van der Waals surface area (Å²) in [5, 5.41) is 21.1. The number of likely N-dealkylation sites (N-methyl/N-ethyl adjacent to an activating group) is 1. The molecule has 0 aliphatic carbocycles. The largest absolute Gasteiger partial charge is 0.387 e. The van der Waals surface area contributed by atoms with Crippen molar-refractivity contribution < 1.29 is 10.2 Å². The number of nitrogens with zero attached hydrogens (tertiary/aromatic N) is 1. The van der Waals surface area contributed by atoms with E-state index in [-0.39, 0.29) is 12.1 Å². The fraction of sp³-hybridized carbons (Fsp3) is 0.368. The first-order chi connectivity index (χ1) is 10.5. The topological polar surface area (TPSA) is 43.7 Å². The number of benzene rings is 2. The Kier molecular flexibility index (Phi) is 5.72. The van der Waals surface area contributed by atoms with Gasteiger partial charge >= 0.3 is 0 Å². The number of hydrogen-bond donors (Lipinski definition) is 2. The highest BCUT2D eigenvalue weighted by Gasteiger charge is 2.28. The minimum atomic E-state index is -0.586. The van der Waals surface area contributed by atoms with E-state index in [1.807, 2.05) is 86.5 Å². The normalized spacial score (nSPS) is 17.0. The molecule has 0 amide bonds. The van der Waals surface area contributed by atoms with Gasteiger partial charge in [0.1, 0.15) is 0 Å². The molecule has 22 heavy (non-hydrogen) atoms. The molecule has 3 heteroatoms. The quantitative estimate of drug-likeness (QED) is 0.861. The van der Waals surface area contributed by atoms with Crippen molar-refractivity contribution in [2.45, 2.75) is 38.1 Å². The molecule has 3 nitrogen and oxygen atoms in total. The first-order valence-corrected chi connectivity index (χ1v) is 7.70. The van der Waals surface area contributed by atoms with Crippen LogP contribution in [0.1, 0.15) is 37.2 Å². The predicted molar refractivity (Wildman–Crippen MR) is 89.5 cm³/mol. The van der Waals surface area contributed by atoms with Gasteiger partial charge in [0.2, 0.25) is 0 Å². The summed E-state index contributed by atoms with van der Waals surface area (Å²) in [6.45, 7) is 3.96. The van der Waals surface area contributed by atoms with E-state index in [9.17, 15) is 10.2 Å². The van der Waals surface area contributed by atoms with Gasteiger partial charge < -0.3 is 10.2 Å². The number of aliphatic hydroxyl groups excluding tert-OH is 2. The maximum absolute atomic E-state index is 10.5. The van der Waals surface area contributed by atoms with Crippen molar-refractivity contribution >= 4 is 0 Å². The number of hydrogen-bond acceptors (Lipinski definition) is 3. The first kappa shape index (κ1) is 16.7. The van der Waals surface area contributed by atoms with Gasteiger partial charge in [-0.1, -0.05) is 60.7 Å². The van der Waals surface area contributed by atoms with Gasteiger partial charge in [0.25, 0.3) is 0 Å². The smallest absolute Gasteiger partial charge is 0.0942 e. The van der Waals surface area contributed by atoms with Gasteiger partial charge in [-0.05, 0) is 32.0 Å². The third-order valence-corrected chi connectivity index (χ3v) is 4.48. The molecule has 4 atom stereocenters. The summed E-state index contributed by atoms with van der Waals surface area (Å²) in [4.78, 5) is 2.02. The molecule has 0 fully saturated rings. The predicted octanol–water partition coefficient (Wildman–Crippen LogP) is 3.16. The zero-order valence-corrected chi connectivity index (χ0v) is 13.4. The molecule has 0 aliphatic rings. The maximum atomic E-state index is 10.5. The Bertz CT molecular complexity index is 507. The van der Waals surface area contributed by atoms with E-state index in [1.165, 1.54) is 0 Å². The van der Waals surface area contributed by atoms with Gasteiger partial charge in [0.05, 0.1) is 12.2 Å². The third kappa shape index (κ3) is 3.74. The van der Waals surface area contributed by atoms with Crippen molar-refractivity contribution in [2.24, 2.45) is 0 Å². The highest BCUT2D eigenvalue weighted by molar-refractivity contribution is 5.20. The Balaban J connectivity index is 2.08. The SMILES string of the molecule is C[C@@H]([C@H](O)c1ccccc1)N(C)[C@@H](C)[C@H](O)c1ccccc1. The van der Waals surface area contributed by atoms with Crippen molar-refractivity contribution in [3.05, 3.63) is 71.8 Å². The molecular weight excluding hydrogens is 274 g/mol. The first-order valence-electron chi connectivity index (χ1n) is 7.70. The van der Waals surface area contributed by atoms with E-state index in [0.29, 0.717) is 0 Å². The maximum Gasteiger partial charge on any atom is 0.0942 e. The average Bonchev–Trinajstić information content (AvgIpc) is 2.60. The number of aliphatic hydroxyl groups is 2. The van der Waals surface area contributed by atoms with E-state index < -0.39 is 12.2 Å². The third-order valence-electron chi connectivity index (χ3n) is 4.48. The van der Waals surface area contributed by atoms with Crippen LogP contribution in [0.15, 0.2) is 60.7 Å². The van der Waals surface area contributed by atoms with E-state index in [0.717, 1.165) is 11.1 Å². The van der Waals surface area contributed by atoms with Gasteiger partial charge in [0.15, 0.2) is 0 Å². The summed E-state index contributed by atoms with van der Waals surface area (Å²) in [6, 6.07) is 19.1. The molecular formula is C19H25NO2. The van der Waals surface area contributed by atoms with Gasteiger partial charge in [0, 0.05) is 12.1 Å². The second-order valence-electron chi connectivity index (χ2n) is 5.86. The molecule has 0 bridgehead atoms. The second-order valence-corrected chi connectivity index (χ2v) is 5.86. The van der Waals surface area contributed by atoms with Crippen molar-refractivity contribution in [2.75, 3.05) is 7.05 Å². The lowest BCUT2D eigenvalue weighted by molar-refractivity contribution is 0.00502. The van der Waals surface area contributed by atoms with Crippen LogP contribution >= 0.6 is 0 Å². The average molecular weight is 299 g/mol. The van der Waals surface area contributed by atoms with Crippen LogP contribution in [0.3, 0.4) is 0 Å². The molecule has 0 unspecified atom stereocenters. The van der Waals surface area contributed by atoms with E-state index in [2.05, 4.69) is 0 Å². The van der Waals surface area contributed by atoms with Crippen LogP contribution in [0.2, 0.25) is 0 Å². The molecule has 0 aliphatic heterocycles. The van der Waals surface area contributed by atoms with Crippen LogP contribution in [-0.2, 0) is 0 Å². The van der Waals surface area contributed by atoms with Crippen molar-refractivity contribution in [3.63, 3.8) is 0 Å². The lowest BCUT2D eigenvalue weighted by atomic mass is 9.98. The molecule has 118 valence electrons. The zero-order chi connectivity index (χ0) is 16.1. The van der Waals surface area contributed by atoms with Crippen LogP contribution < -0.4 is 0 Å². The van der Waals surface area contributed by atoms with Crippen molar-refractivity contribution in [3.8, 4) is 0 Å². The van der Waals surface area contributed by atoms with E-state index in [4.69, 9.17) is 0 Å². The molecule has 0 aromatic heterocycles. The minimum absolute atomic E-state index is 0.101. The molecule has 0 radical (unpaired) electrons. The van der Waals surface area contributed by atoms with E-state index in [1.54, 1.807) is 0 Å². The lowest BCUT2D eigenvalue weighted by Crippen LogP contribution is -2.43. The van der Waals surface area contributed by atoms with Gasteiger partial charge in [-0.15, -0.1) is 0 Å². The Morgan fingerprint density at radius 1 is 0.682 bits per heavy atom. The highest BCUT2D eigenvalue weighted by atomic mass is 16.3. The fourth-order valence-corrected chi connectivity index (χ4v) is 2.67. The minimum Gasteiger partial charge on any atom is -0.387 e. The Labute approximate surface area is 132 Å². The Morgan fingerprint density at radius 2 is 1.00 bits per heavy atom. The standard InChI is InChI=1S/C19H25NO2/c1-14(18(21)16-10-6-4-7-11-16)20(3)15(2)19(22)17-12-8-5-9-13-17/h4-15,18-19,21-22H,1-3H3/t14-,15-,18-,19-/m0/s1. The second kappa shape index (κ2) is 7.54. The molecule has 2 aromatic rings. The van der Waals surface area contributed by atoms with Gasteiger partial charge in [-0.2, -0.15) is 0 Å². The summed E-state index contributed by atoms with van der Waals surface area (Å²) in [6.07, 6.45) is -1.17. The summed E-state index contributed by atoms with van der Waals surface area (Å²) in [5.74, 6) is 0. The molecule has 0 spiro atoms. The van der Waals surface area contributed by atoms with Crippen LogP contribution in [0.5, 0.6) is 0 Å². The van der Waals surface area contributed by atoms with E-state index >= 15 is 0 Å². The zero-order valence-electron chi connectivity index (χ0n) is 13.4. The Morgan fingerprint density at radius 3 is 1.32 bits per heavy atom. The molecule has 2 rings (SSSR count). The summed E-state index contributed by atoms with van der Waals surface area (Å²) in [5.41, 5.74) is 1.78. The molecule has 0 saturated heterocycles. The summed E-state index contributed by atoms with van der Waals surface area (Å²) < 4.78 is 0. The monoisotopic (exact) mass is 299 g/mol. The highest BCUT2D eigenvalue weighted by Crippen LogP contribution is 2.26. The number of rotatable bonds is 6. The molecule has 2 aromatic carbocycles. The Hall–Kier alpha value is -1.68. The van der Waals surface area contributed by atoms with Crippen molar-refractivity contribution in [1.82, 2.24) is 4.90 Å². The molecule has 0 heterocycles.